The number of ether oxygens (including phenoxy) is 1. The van der Waals surface area contributed by atoms with Crippen LogP contribution in [0.1, 0.15) is 76.7 Å². The van der Waals surface area contributed by atoms with E-state index in [1.54, 1.807) is 19.1 Å². The number of rotatable bonds is 15. The molecule has 2 aromatic carbocycles. The minimum atomic E-state index is -0.896. The molecule has 9 atom stereocenters. The van der Waals surface area contributed by atoms with Crippen molar-refractivity contribution in [1.29, 1.82) is 0 Å². The van der Waals surface area contributed by atoms with Crippen LogP contribution in [0.4, 0.5) is 5.69 Å². The number of aliphatic hydroxyl groups excluding tert-OH is 2. The van der Waals surface area contributed by atoms with Gasteiger partial charge in [-0.1, -0.05) is 52.8 Å². The summed E-state index contributed by atoms with van der Waals surface area (Å²) in [5.41, 5.74) is 4.13. The van der Waals surface area contributed by atoms with Gasteiger partial charge in [0.15, 0.2) is 0 Å². The Morgan fingerprint density at radius 2 is 1.79 bits per heavy atom. The number of para-hydroxylation sites is 1. The first kappa shape index (κ1) is 43.3. The highest BCUT2D eigenvalue weighted by atomic mass is 16.7. The van der Waals surface area contributed by atoms with Crippen molar-refractivity contribution in [2.75, 3.05) is 72.5 Å². The number of piperazine rings is 1. The van der Waals surface area contributed by atoms with Gasteiger partial charge < -0.3 is 35.4 Å². The van der Waals surface area contributed by atoms with Crippen molar-refractivity contribution >= 4 is 17.5 Å². The van der Waals surface area contributed by atoms with Gasteiger partial charge in [-0.2, -0.15) is 5.06 Å². The number of nitrogens with zero attached hydrogens (tertiary/aromatic N) is 4. The fourth-order valence-corrected chi connectivity index (χ4v) is 10.3. The summed E-state index contributed by atoms with van der Waals surface area (Å²) in [6.07, 6.45) is 1.38. The average Bonchev–Trinajstić information content (AvgIpc) is 3.54. The number of likely N-dealkylation sites (N-methyl/N-ethyl adjacent to an activating group) is 1. The summed E-state index contributed by atoms with van der Waals surface area (Å²) in [7, 11) is 7.71. The standard InChI is InChI=1S/C45H70N6O6/c1-27(2)18-34(25-50-16-14-49(9)15-17-50)46-43(54)32-19-31(20-35(21-32)48(7)8)36-13-11-12-30(42(36)56-10)24-51-41(40(29(4)53)39(26-52)57-51)44(55)47-38-23-33-22-37(28(38)3)45(33,5)6/h11-13,19-21,27-29,33-34,37-41,52-53H,14-18,22-26H2,1-10H3,(H,46,54)(H,47,55)/t28-,29-,33+,34-,37-,38-,39?,40+,41-/m0/s1. The van der Waals surface area contributed by atoms with Crippen molar-refractivity contribution in [1.82, 2.24) is 25.5 Å². The fourth-order valence-electron chi connectivity index (χ4n) is 10.3. The lowest BCUT2D eigenvalue weighted by Crippen LogP contribution is -2.62. The molecule has 2 amide bonds. The number of methoxy groups -OCH3 is 1. The van der Waals surface area contributed by atoms with Crippen LogP contribution in [0.15, 0.2) is 36.4 Å². The smallest absolute Gasteiger partial charge is 0.251 e. The van der Waals surface area contributed by atoms with Crippen LogP contribution >= 0.6 is 0 Å². The molecule has 2 heterocycles. The van der Waals surface area contributed by atoms with E-state index in [9.17, 15) is 19.8 Å². The molecule has 2 aromatic rings. The predicted octanol–water partition coefficient (Wildman–Crippen LogP) is 4.48. The molecule has 2 saturated heterocycles. The van der Waals surface area contributed by atoms with Gasteiger partial charge in [0.2, 0.25) is 5.91 Å². The van der Waals surface area contributed by atoms with Crippen molar-refractivity contribution in [2.45, 2.75) is 97.7 Å². The van der Waals surface area contributed by atoms with Crippen molar-refractivity contribution in [2.24, 2.45) is 35.0 Å². The van der Waals surface area contributed by atoms with Crippen LogP contribution in [0.5, 0.6) is 5.75 Å². The normalized spacial score (nSPS) is 28.8. The summed E-state index contributed by atoms with van der Waals surface area (Å²) in [4.78, 5) is 41.5. The van der Waals surface area contributed by atoms with E-state index in [1.807, 2.05) is 49.3 Å². The summed E-state index contributed by atoms with van der Waals surface area (Å²) in [6, 6.07) is 11.0. The van der Waals surface area contributed by atoms with Gasteiger partial charge in [0.25, 0.3) is 5.91 Å². The zero-order chi connectivity index (χ0) is 41.3. The van der Waals surface area contributed by atoms with Gasteiger partial charge in [0, 0.05) is 87.2 Å². The Balaban J connectivity index is 1.26. The van der Waals surface area contributed by atoms with Crippen LogP contribution in [-0.4, -0.2) is 135 Å². The molecule has 3 saturated carbocycles. The highest BCUT2D eigenvalue weighted by Gasteiger charge is 2.57. The first-order valence-electron chi connectivity index (χ1n) is 21.2. The Labute approximate surface area is 341 Å². The largest absolute Gasteiger partial charge is 0.496 e. The van der Waals surface area contributed by atoms with E-state index in [0.717, 1.165) is 67.9 Å². The summed E-state index contributed by atoms with van der Waals surface area (Å²) < 4.78 is 6.13. The number of hydrogen-bond donors (Lipinski definition) is 4. The van der Waals surface area contributed by atoms with Crippen LogP contribution in [-0.2, 0) is 16.2 Å². The van der Waals surface area contributed by atoms with E-state index in [0.29, 0.717) is 35.0 Å². The quantitative estimate of drug-likeness (QED) is 0.205. The number of carbonyl (C=O) groups is 2. The fraction of sp³-hybridized carbons (Fsp3) is 0.689. The van der Waals surface area contributed by atoms with E-state index in [-0.39, 0.29) is 42.5 Å². The van der Waals surface area contributed by atoms with Gasteiger partial charge in [-0.05, 0) is 86.1 Å². The predicted molar refractivity (Wildman–Crippen MR) is 225 cm³/mol. The maximum absolute atomic E-state index is 14.3. The molecule has 5 fully saturated rings. The molecule has 57 heavy (non-hydrogen) atoms. The van der Waals surface area contributed by atoms with Crippen LogP contribution in [0.2, 0.25) is 0 Å². The summed E-state index contributed by atoms with van der Waals surface area (Å²) in [6.45, 7) is 17.7. The third-order valence-electron chi connectivity index (χ3n) is 13.9. The molecule has 12 nitrogen and oxygen atoms in total. The van der Waals surface area contributed by atoms with Crippen LogP contribution < -0.4 is 20.3 Å². The lowest BCUT2D eigenvalue weighted by Gasteiger charge is -2.62. The van der Waals surface area contributed by atoms with E-state index >= 15 is 0 Å². The molecule has 2 bridgehead atoms. The molecular formula is C45H70N6O6. The van der Waals surface area contributed by atoms with Gasteiger partial charge in [-0.15, -0.1) is 0 Å². The van der Waals surface area contributed by atoms with E-state index in [2.05, 4.69) is 68.2 Å². The number of aliphatic hydroxyl groups is 2. The Morgan fingerprint density at radius 1 is 1.07 bits per heavy atom. The van der Waals surface area contributed by atoms with Gasteiger partial charge in [0.1, 0.15) is 17.9 Å². The zero-order valence-electron chi connectivity index (χ0n) is 36.1. The van der Waals surface area contributed by atoms with Gasteiger partial charge in [-0.3, -0.25) is 19.3 Å². The molecule has 0 aromatic heterocycles. The number of hydrogen-bond acceptors (Lipinski definition) is 10. The monoisotopic (exact) mass is 791 g/mol. The van der Waals surface area contributed by atoms with Crippen LogP contribution in [0.3, 0.4) is 0 Å². The average molecular weight is 791 g/mol. The van der Waals surface area contributed by atoms with Crippen molar-refractivity contribution in [3.8, 4) is 16.9 Å². The number of benzene rings is 2. The second-order valence-electron chi connectivity index (χ2n) is 18.8. The van der Waals surface area contributed by atoms with Crippen molar-refractivity contribution in [3.05, 3.63) is 47.5 Å². The molecule has 5 aliphatic rings. The van der Waals surface area contributed by atoms with Crippen molar-refractivity contribution in [3.63, 3.8) is 0 Å². The second-order valence-corrected chi connectivity index (χ2v) is 18.8. The minimum Gasteiger partial charge on any atom is -0.496 e. The SMILES string of the molecule is COc1c(CN2OC(CO)[C@@H]([C@H](C)O)[C@H]2C(=O)N[C@H]2C[C@H]3C[C@@H]([C@@H]2C)C3(C)C)cccc1-c1cc(C(=O)N[C@@H](CC(C)C)CN2CCN(C)CC2)cc(N(C)C)c1. The number of amides is 2. The van der Waals surface area contributed by atoms with Crippen LogP contribution in [0, 0.1) is 35.0 Å². The van der Waals surface area contributed by atoms with Gasteiger partial charge >= 0.3 is 0 Å². The molecule has 1 unspecified atom stereocenters. The van der Waals surface area contributed by atoms with E-state index < -0.39 is 24.2 Å². The summed E-state index contributed by atoms with van der Waals surface area (Å²) in [5, 5.41) is 29.8. The lowest BCUT2D eigenvalue weighted by molar-refractivity contribution is -0.183. The molecule has 7 rings (SSSR count). The minimum absolute atomic E-state index is 0.0166. The Hall–Kier alpha value is -3.26. The second kappa shape index (κ2) is 17.9. The third-order valence-corrected chi connectivity index (χ3v) is 13.9. The molecule has 0 spiro atoms. The topological polar surface area (TPSA) is 130 Å². The van der Waals surface area contributed by atoms with Crippen molar-refractivity contribution < 1.29 is 29.4 Å². The maximum atomic E-state index is 14.3. The summed E-state index contributed by atoms with van der Waals surface area (Å²) in [5.74, 6) is 1.56. The van der Waals surface area contributed by atoms with Crippen LogP contribution in [0.25, 0.3) is 11.1 Å². The van der Waals surface area contributed by atoms with Gasteiger partial charge in [0.05, 0.1) is 26.4 Å². The molecule has 12 heteroatoms. The zero-order valence-corrected chi connectivity index (χ0v) is 36.1. The first-order valence-corrected chi connectivity index (χ1v) is 21.2. The number of carbonyl (C=O) groups excluding carboxylic acids is 2. The third kappa shape index (κ3) is 9.31. The lowest BCUT2D eigenvalue weighted by atomic mass is 9.45. The summed E-state index contributed by atoms with van der Waals surface area (Å²) >= 11 is 0. The molecule has 4 N–H and O–H groups in total. The number of hydroxylamine groups is 2. The molecular weight excluding hydrogens is 721 g/mol. The Kier molecular flexibility index (Phi) is 13.6. The molecule has 316 valence electrons. The highest BCUT2D eigenvalue weighted by molar-refractivity contribution is 5.97. The molecule has 3 aliphatic carbocycles. The maximum Gasteiger partial charge on any atom is 0.251 e. The highest BCUT2D eigenvalue weighted by Crippen LogP contribution is 2.61. The number of fused-ring (bicyclic) bond motifs is 2. The number of anilines is 1. The van der Waals surface area contributed by atoms with E-state index in [4.69, 9.17) is 9.57 Å². The number of nitrogens with one attached hydrogen (secondary N) is 2. The first-order chi connectivity index (χ1) is 27.0. The molecule has 0 radical (unpaired) electrons. The Bertz CT molecular complexity index is 1710. The van der Waals surface area contributed by atoms with E-state index in [1.165, 1.54) is 6.42 Å². The van der Waals surface area contributed by atoms with Gasteiger partial charge in [-0.25, -0.2) is 0 Å². The molecule has 2 aliphatic heterocycles. The Morgan fingerprint density at radius 3 is 2.39 bits per heavy atom.